The van der Waals surface area contributed by atoms with Crippen LogP contribution in [-0.2, 0) is 4.79 Å². The van der Waals surface area contributed by atoms with Gasteiger partial charge >= 0.3 is 0 Å². The summed E-state index contributed by atoms with van der Waals surface area (Å²) in [6.07, 6.45) is 1.62. The highest BCUT2D eigenvalue weighted by Crippen LogP contribution is 2.33. The van der Waals surface area contributed by atoms with Gasteiger partial charge in [-0.3, -0.25) is 20.4 Å². The van der Waals surface area contributed by atoms with Gasteiger partial charge in [0.2, 0.25) is 5.91 Å². The van der Waals surface area contributed by atoms with Gasteiger partial charge in [0.1, 0.15) is 5.69 Å². The van der Waals surface area contributed by atoms with E-state index in [1.165, 1.54) is 0 Å². The van der Waals surface area contributed by atoms with Crippen LogP contribution >= 0.6 is 0 Å². The maximum atomic E-state index is 12.9. The third-order valence-corrected chi connectivity index (χ3v) is 4.46. The van der Waals surface area contributed by atoms with Gasteiger partial charge in [-0.15, -0.1) is 0 Å². The summed E-state index contributed by atoms with van der Waals surface area (Å²) >= 11 is 0. The van der Waals surface area contributed by atoms with Crippen LogP contribution in [0.5, 0.6) is 11.5 Å². The van der Waals surface area contributed by atoms with Gasteiger partial charge in [0.15, 0.2) is 11.5 Å². The third-order valence-electron chi connectivity index (χ3n) is 4.46. The lowest BCUT2D eigenvalue weighted by molar-refractivity contribution is -0.124. The molecule has 0 aliphatic heterocycles. The van der Waals surface area contributed by atoms with Crippen LogP contribution in [0.4, 0.5) is 0 Å². The molecule has 1 heterocycles. The molecule has 8 nitrogen and oxygen atoms in total. The average Bonchev–Trinajstić information content (AvgIpc) is 3.22. The Morgan fingerprint density at radius 1 is 0.967 bits per heavy atom. The lowest BCUT2D eigenvalue weighted by Gasteiger charge is -2.10. The first kappa shape index (κ1) is 20.9. The van der Waals surface area contributed by atoms with Crippen molar-refractivity contribution in [3.05, 3.63) is 60.3 Å². The SMILES string of the molecule is COc1ccc(-c2nn(-c3ccccc3)cc2C(=O)NNC(=O)C(C)C)cc1OC. The minimum Gasteiger partial charge on any atom is -0.493 e. The van der Waals surface area contributed by atoms with E-state index < -0.39 is 5.91 Å². The second kappa shape index (κ2) is 9.13. The molecule has 0 bridgehead atoms. The Balaban J connectivity index is 2.03. The Hall–Kier alpha value is -3.81. The van der Waals surface area contributed by atoms with Crippen LogP contribution < -0.4 is 20.3 Å². The molecule has 156 valence electrons. The summed E-state index contributed by atoms with van der Waals surface area (Å²) in [5.74, 6) is 0.0627. The van der Waals surface area contributed by atoms with Crippen LogP contribution in [0.1, 0.15) is 24.2 Å². The predicted molar refractivity (Wildman–Crippen MR) is 113 cm³/mol. The second-order valence-corrected chi connectivity index (χ2v) is 6.84. The van der Waals surface area contributed by atoms with Gasteiger partial charge in [-0.05, 0) is 30.3 Å². The van der Waals surface area contributed by atoms with Gasteiger partial charge in [-0.25, -0.2) is 4.68 Å². The van der Waals surface area contributed by atoms with Crippen LogP contribution in [0.3, 0.4) is 0 Å². The van der Waals surface area contributed by atoms with Crippen molar-refractivity contribution in [2.75, 3.05) is 14.2 Å². The van der Waals surface area contributed by atoms with E-state index in [0.717, 1.165) is 5.69 Å². The Kier molecular flexibility index (Phi) is 6.36. The number of hydrogen-bond donors (Lipinski definition) is 2. The number of nitrogens with one attached hydrogen (secondary N) is 2. The third kappa shape index (κ3) is 4.43. The van der Waals surface area contributed by atoms with Crippen molar-refractivity contribution in [1.82, 2.24) is 20.6 Å². The van der Waals surface area contributed by atoms with Gasteiger partial charge in [0.25, 0.3) is 5.91 Å². The van der Waals surface area contributed by atoms with E-state index in [1.807, 2.05) is 30.3 Å². The monoisotopic (exact) mass is 408 g/mol. The molecule has 8 heteroatoms. The highest BCUT2D eigenvalue weighted by Gasteiger charge is 2.21. The van der Waals surface area contributed by atoms with E-state index in [9.17, 15) is 9.59 Å². The first-order chi connectivity index (χ1) is 14.4. The quantitative estimate of drug-likeness (QED) is 0.612. The number of carbonyl (C=O) groups excluding carboxylic acids is 2. The summed E-state index contributed by atoms with van der Waals surface area (Å²) < 4.78 is 12.3. The lowest BCUT2D eigenvalue weighted by atomic mass is 10.1. The highest BCUT2D eigenvalue weighted by molar-refractivity contribution is 6.00. The fourth-order valence-electron chi connectivity index (χ4n) is 2.78. The van der Waals surface area contributed by atoms with Gasteiger partial charge in [0.05, 0.1) is 25.5 Å². The molecule has 0 fully saturated rings. The van der Waals surface area contributed by atoms with E-state index in [1.54, 1.807) is 57.1 Å². The summed E-state index contributed by atoms with van der Waals surface area (Å²) in [6.45, 7) is 3.48. The maximum absolute atomic E-state index is 12.9. The standard InChI is InChI=1S/C22H24N4O4/c1-14(2)21(27)23-24-22(28)17-13-26(16-8-6-5-7-9-16)25-20(17)15-10-11-18(29-3)19(12-15)30-4/h5-14H,1-4H3,(H,23,27)(H,24,28). The lowest BCUT2D eigenvalue weighted by Crippen LogP contribution is -2.43. The summed E-state index contributed by atoms with van der Waals surface area (Å²) in [5.41, 5.74) is 7.09. The molecule has 0 unspecified atom stereocenters. The van der Waals surface area contributed by atoms with E-state index in [4.69, 9.17) is 9.47 Å². The molecule has 0 saturated heterocycles. The summed E-state index contributed by atoms with van der Waals surface area (Å²) in [4.78, 5) is 24.7. The van der Waals surface area contributed by atoms with Crippen LogP contribution in [-0.4, -0.2) is 35.8 Å². The van der Waals surface area contributed by atoms with Crippen LogP contribution in [0.2, 0.25) is 0 Å². The molecular weight excluding hydrogens is 384 g/mol. The molecule has 2 aromatic carbocycles. The zero-order valence-corrected chi connectivity index (χ0v) is 17.3. The number of amides is 2. The summed E-state index contributed by atoms with van der Waals surface area (Å²) in [6, 6.07) is 14.7. The van der Waals surface area contributed by atoms with Crippen molar-refractivity contribution in [3.8, 4) is 28.4 Å². The number of aromatic nitrogens is 2. The van der Waals surface area contributed by atoms with Gasteiger partial charge < -0.3 is 9.47 Å². The molecule has 0 aliphatic rings. The topological polar surface area (TPSA) is 94.5 Å². The van der Waals surface area contributed by atoms with Gasteiger partial charge in [0, 0.05) is 17.7 Å². The molecule has 30 heavy (non-hydrogen) atoms. The number of rotatable bonds is 6. The van der Waals surface area contributed by atoms with Crippen molar-refractivity contribution in [2.24, 2.45) is 5.92 Å². The number of para-hydroxylation sites is 1. The van der Waals surface area contributed by atoms with Gasteiger partial charge in [-0.2, -0.15) is 5.10 Å². The van der Waals surface area contributed by atoms with Crippen LogP contribution in [0.15, 0.2) is 54.7 Å². The van der Waals surface area contributed by atoms with Crippen molar-refractivity contribution in [1.29, 1.82) is 0 Å². The van der Waals surface area contributed by atoms with E-state index in [-0.39, 0.29) is 11.8 Å². The molecule has 2 amide bonds. The predicted octanol–water partition coefficient (Wildman–Crippen LogP) is 2.97. The summed E-state index contributed by atoms with van der Waals surface area (Å²) in [5, 5.41) is 4.61. The van der Waals surface area contributed by atoms with E-state index in [0.29, 0.717) is 28.3 Å². The van der Waals surface area contributed by atoms with E-state index >= 15 is 0 Å². The number of hydrogen-bond acceptors (Lipinski definition) is 5. The van der Waals surface area contributed by atoms with Crippen LogP contribution in [0, 0.1) is 5.92 Å². The van der Waals surface area contributed by atoms with Crippen molar-refractivity contribution in [2.45, 2.75) is 13.8 Å². The number of methoxy groups -OCH3 is 2. The molecule has 1 aromatic heterocycles. The summed E-state index contributed by atoms with van der Waals surface area (Å²) in [7, 11) is 3.09. The smallest absolute Gasteiger partial charge is 0.273 e. The first-order valence-corrected chi connectivity index (χ1v) is 9.42. The Morgan fingerprint density at radius 2 is 1.67 bits per heavy atom. The van der Waals surface area contributed by atoms with E-state index in [2.05, 4.69) is 16.0 Å². The van der Waals surface area contributed by atoms with Crippen molar-refractivity contribution >= 4 is 11.8 Å². The molecule has 0 spiro atoms. The number of carbonyl (C=O) groups is 2. The van der Waals surface area contributed by atoms with Gasteiger partial charge in [-0.1, -0.05) is 32.0 Å². The molecule has 0 atom stereocenters. The minimum absolute atomic E-state index is 0.261. The molecule has 3 aromatic rings. The van der Waals surface area contributed by atoms with Crippen molar-refractivity contribution in [3.63, 3.8) is 0 Å². The zero-order valence-electron chi connectivity index (χ0n) is 17.3. The second-order valence-electron chi connectivity index (χ2n) is 6.84. The Bertz CT molecular complexity index is 1040. The maximum Gasteiger partial charge on any atom is 0.273 e. The average molecular weight is 408 g/mol. The molecule has 0 radical (unpaired) electrons. The molecule has 0 saturated carbocycles. The van der Waals surface area contributed by atoms with Crippen molar-refractivity contribution < 1.29 is 19.1 Å². The normalized spacial score (nSPS) is 10.6. The fraction of sp³-hybridized carbons (Fsp3) is 0.227. The molecule has 2 N–H and O–H groups in total. The minimum atomic E-state index is -0.476. The fourth-order valence-corrected chi connectivity index (χ4v) is 2.78. The number of benzene rings is 2. The molecule has 3 rings (SSSR count). The Morgan fingerprint density at radius 3 is 2.30 bits per heavy atom. The largest absolute Gasteiger partial charge is 0.493 e. The number of nitrogens with zero attached hydrogens (tertiary/aromatic N) is 2. The van der Waals surface area contributed by atoms with Crippen LogP contribution in [0.25, 0.3) is 16.9 Å². The Labute approximate surface area is 174 Å². The number of ether oxygens (including phenoxy) is 2. The highest BCUT2D eigenvalue weighted by atomic mass is 16.5. The first-order valence-electron chi connectivity index (χ1n) is 9.42. The number of hydrazine groups is 1. The molecule has 0 aliphatic carbocycles. The zero-order chi connectivity index (χ0) is 21.7. The molecular formula is C22H24N4O4.